The summed E-state index contributed by atoms with van der Waals surface area (Å²) in [4.78, 5) is 9.16. The van der Waals surface area contributed by atoms with Gasteiger partial charge in [0.25, 0.3) is 0 Å². The predicted molar refractivity (Wildman–Crippen MR) is 99.7 cm³/mol. The Morgan fingerprint density at radius 1 is 0.840 bits per heavy atom. The van der Waals surface area contributed by atoms with Gasteiger partial charge in [0.1, 0.15) is 5.82 Å². The normalized spacial score (nSPS) is 10.8. The van der Waals surface area contributed by atoms with Crippen LogP contribution in [0, 0.1) is 5.82 Å². The molecule has 0 aliphatic rings. The Hall–Kier alpha value is -2.98. The molecule has 1 heterocycles. The van der Waals surface area contributed by atoms with Gasteiger partial charge < -0.3 is 5.32 Å². The lowest BCUT2D eigenvalue weighted by Crippen LogP contribution is -2.00. The summed E-state index contributed by atoms with van der Waals surface area (Å²) in [6, 6.07) is 21.4. The van der Waals surface area contributed by atoms with Crippen molar-refractivity contribution < 1.29 is 4.39 Å². The number of anilines is 2. The number of nitrogens with one attached hydrogen (secondary N) is 1. The van der Waals surface area contributed by atoms with Gasteiger partial charge in [-0.3, -0.25) is 0 Å². The number of hydrogen-bond donors (Lipinski definition) is 1. The number of aromatic nitrogens is 2. The van der Waals surface area contributed by atoms with Crippen LogP contribution < -0.4 is 5.32 Å². The van der Waals surface area contributed by atoms with Gasteiger partial charge in [0.15, 0.2) is 0 Å². The van der Waals surface area contributed by atoms with E-state index in [1.807, 2.05) is 42.5 Å². The van der Waals surface area contributed by atoms with Crippen LogP contribution in [0.25, 0.3) is 22.2 Å². The first-order valence-corrected chi connectivity index (χ1v) is 8.12. The van der Waals surface area contributed by atoms with Gasteiger partial charge in [-0.05, 0) is 42.5 Å². The van der Waals surface area contributed by atoms with Crippen molar-refractivity contribution >= 4 is 34.1 Å². The minimum Gasteiger partial charge on any atom is -0.324 e. The van der Waals surface area contributed by atoms with Crippen molar-refractivity contribution in [3.05, 3.63) is 83.6 Å². The van der Waals surface area contributed by atoms with Gasteiger partial charge in [-0.25, -0.2) is 14.4 Å². The SMILES string of the molecule is Fc1cccc(-c2nc(Nc3ccc(Cl)cc3)nc3ccccc23)c1. The molecule has 0 unspecified atom stereocenters. The first-order valence-electron chi connectivity index (χ1n) is 7.74. The second-order valence-electron chi connectivity index (χ2n) is 5.56. The van der Waals surface area contributed by atoms with E-state index in [2.05, 4.69) is 15.3 Å². The van der Waals surface area contributed by atoms with Crippen molar-refractivity contribution in [3.63, 3.8) is 0 Å². The maximum absolute atomic E-state index is 13.7. The van der Waals surface area contributed by atoms with Crippen LogP contribution in [-0.4, -0.2) is 9.97 Å². The maximum atomic E-state index is 13.7. The van der Waals surface area contributed by atoms with E-state index in [9.17, 15) is 4.39 Å². The van der Waals surface area contributed by atoms with E-state index in [1.165, 1.54) is 12.1 Å². The molecule has 0 spiro atoms. The van der Waals surface area contributed by atoms with E-state index < -0.39 is 0 Å². The smallest absolute Gasteiger partial charge is 0.228 e. The number of nitrogens with zero attached hydrogens (tertiary/aromatic N) is 2. The fraction of sp³-hybridized carbons (Fsp3) is 0. The third-order valence-electron chi connectivity index (χ3n) is 3.80. The van der Waals surface area contributed by atoms with Gasteiger partial charge in [-0.2, -0.15) is 0 Å². The molecule has 0 aliphatic carbocycles. The quantitative estimate of drug-likeness (QED) is 0.505. The highest BCUT2D eigenvalue weighted by Gasteiger charge is 2.10. The number of para-hydroxylation sites is 1. The maximum Gasteiger partial charge on any atom is 0.228 e. The molecule has 122 valence electrons. The molecule has 3 nitrogen and oxygen atoms in total. The number of fused-ring (bicyclic) bond motifs is 1. The van der Waals surface area contributed by atoms with Crippen LogP contribution in [0.2, 0.25) is 5.02 Å². The zero-order valence-corrected chi connectivity index (χ0v) is 13.8. The molecule has 0 fully saturated rings. The molecular weight excluding hydrogens is 337 g/mol. The van der Waals surface area contributed by atoms with E-state index in [4.69, 9.17) is 11.6 Å². The Morgan fingerprint density at radius 3 is 2.44 bits per heavy atom. The third kappa shape index (κ3) is 3.30. The monoisotopic (exact) mass is 349 g/mol. The topological polar surface area (TPSA) is 37.8 Å². The molecule has 4 rings (SSSR count). The molecular formula is C20H13ClFN3. The number of benzene rings is 3. The standard InChI is InChI=1S/C20H13ClFN3/c21-14-8-10-16(11-9-14)23-20-24-18-7-2-1-6-17(18)19(25-20)13-4-3-5-15(22)12-13/h1-12H,(H,23,24,25). The molecule has 0 radical (unpaired) electrons. The molecule has 1 N–H and O–H groups in total. The van der Waals surface area contributed by atoms with E-state index >= 15 is 0 Å². The van der Waals surface area contributed by atoms with Gasteiger partial charge in [0.2, 0.25) is 5.95 Å². The summed E-state index contributed by atoms with van der Waals surface area (Å²) < 4.78 is 13.7. The van der Waals surface area contributed by atoms with E-state index in [0.29, 0.717) is 22.2 Å². The molecule has 0 saturated carbocycles. The molecule has 1 aromatic heterocycles. The average molecular weight is 350 g/mol. The van der Waals surface area contributed by atoms with E-state index in [1.54, 1.807) is 18.2 Å². The summed E-state index contributed by atoms with van der Waals surface area (Å²) in [5, 5.41) is 4.70. The molecule has 3 aromatic carbocycles. The second kappa shape index (κ2) is 6.49. The summed E-state index contributed by atoms with van der Waals surface area (Å²) in [7, 11) is 0. The van der Waals surface area contributed by atoms with Crippen molar-refractivity contribution in [3.8, 4) is 11.3 Å². The minimum atomic E-state index is -0.299. The van der Waals surface area contributed by atoms with Gasteiger partial charge in [0, 0.05) is 21.7 Å². The van der Waals surface area contributed by atoms with Crippen LogP contribution in [-0.2, 0) is 0 Å². The first-order chi connectivity index (χ1) is 12.2. The lowest BCUT2D eigenvalue weighted by Gasteiger charge is -2.10. The molecule has 0 saturated heterocycles. The number of halogens is 2. The minimum absolute atomic E-state index is 0.299. The molecule has 4 aromatic rings. The number of hydrogen-bond acceptors (Lipinski definition) is 3. The van der Waals surface area contributed by atoms with Crippen LogP contribution in [0.1, 0.15) is 0 Å². The van der Waals surface area contributed by atoms with Crippen molar-refractivity contribution in [2.24, 2.45) is 0 Å². The lowest BCUT2D eigenvalue weighted by molar-refractivity contribution is 0.628. The average Bonchev–Trinajstić information content (AvgIpc) is 2.63. The van der Waals surface area contributed by atoms with Gasteiger partial charge >= 0.3 is 0 Å². The molecule has 25 heavy (non-hydrogen) atoms. The fourth-order valence-electron chi connectivity index (χ4n) is 2.65. The fourth-order valence-corrected chi connectivity index (χ4v) is 2.78. The molecule has 0 amide bonds. The molecule has 0 aliphatic heterocycles. The van der Waals surface area contributed by atoms with Gasteiger partial charge in [-0.15, -0.1) is 0 Å². The Bertz CT molecular complexity index is 1050. The summed E-state index contributed by atoms with van der Waals surface area (Å²) in [5.74, 6) is 0.146. The van der Waals surface area contributed by atoms with Crippen molar-refractivity contribution in [2.75, 3.05) is 5.32 Å². The molecule has 0 bridgehead atoms. The van der Waals surface area contributed by atoms with E-state index in [0.717, 1.165) is 16.6 Å². The van der Waals surface area contributed by atoms with Crippen LogP contribution in [0.15, 0.2) is 72.8 Å². The van der Waals surface area contributed by atoms with Crippen LogP contribution in [0.4, 0.5) is 16.0 Å². The Kier molecular flexibility index (Phi) is 4.04. The Balaban J connectivity index is 1.85. The lowest BCUT2D eigenvalue weighted by atomic mass is 10.1. The van der Waals surface area contributed by atoms with Crippen LogP contribution in [0.5, 0.6) is 0 Å². The summed E-state index contributed by atoms with van der Waals surface area (Å²) in [5.41, 5.74) is 3.00. The van der Waals surface area contributed by atoms with Gasteiger partial charge in [-0.1, -0.05) is 41.9 Å². The number of rotatable bonds is 3. The van der Waals surface area contributed by atoms with Crippen molar-refractivity contribution in [1.29, 1.82) is 0 Å². The largest absolute Gasteiger partial charge is 0.324 e. The van der Waals surface area contributed by atoms with Crippen LogP contribution >= 0.6 is 11.6 Å². The summed E-state index contributed by atoms with van der Waals surface area (Å²) in [6.07, 6.45) is 0. The second-order valence-corrected chi connectivity index (χ2v) is 5.99. The zero-order valence-electron chi connectivity index (χ0n) is 13.1. The summed E-state index contributed by atoms with van der Waals surface area (Å²) in [6.45, 7) is 0. The van der Waals surface area contributed by atoms with E-state index in [-0.39, 0.29) is 5.82 Å². The van der Waals surface area contributed by atoms with Gasteiger partial charge in [0.05, 0.1) is 11.2 Å². The molecule has 5 heteroatoms. The Morgan fingerprint density at radius 2 is 1.64 bits per heavy atom. The molecule has 0 atom stereocenters. The Labute approximate surface area is 149 Å². The van der Waals surface area contributed by atoms with Crippen molar-refractivity contribution in [2.45, 2.75) is 0 Å². The highest BCUT2D eigenvalue weighted by molar-refractivity contribution is 6.30. The zero-order chi connectivity index (χ0) is 17.2. The highest BCUT2D eigenvalue weighted by Crippen LogP contribution is 2.28. The first kappa shape index (κ1) is 15.5. The highest BCUT2D eigenvalue weighted by atomic mass is 35.5. The third-order valence-corrected chi connectivity index (χ3v) is 4.05. The predicted octanol–water partition coefficient (Wildman–Crippen LogP) is 5.83. The van der Waals surface area contributed by atoms with Crippen LogP contribution in [0.3, 0.4) is 0 Å². The van der Waals surface area contributed by atoms with Crippen molar-refractivity contribution in [1.82, 2.24) is 9.97 Å². The summed E-state index contributed by atoms with van der Waals surface area (Å²) >= 11 is 5.92.